The first-order valence-electron chi connectivity index (χ1n) is 7.11. The lowest BCUT2D eigenvalue weighted by molar-refractivity contribution is 0.155. The average molecular weight is 244 g/mol. The van der Waals surface area contributed by atoms with Gasteiger partial charge in [0.1, 0.15) is 5.82 Å². The topological polar surface area (TPSA) is 24.9 Å². The Labute approximate surface area is 110 Å². The maximum atomic E-state index is 4.51. The predicted molar refractivity (Wildman–Crippen MR) is 75.6 cm³/mol. The fourth-order valence-electron chi connectivity index (χ4n) is 4.36. The molecule has 2 aliphatic rings. The molecule has 1 heterocycles. The van der Waals surface area contributed by atoms with Crippen LogP contribution in [0.5, 0.6) is 0 Å². The SMILES string of the molecule is Cc1ccc(NC2C3(C)CCC(C3)C2(C)C)nc1. The number of anilines is 1. The molecule has 3 rings (SSSR count). The fraction of sp³-hybridized carbons (Fsp3) is 0.688. The number of aryl methyl sites for hydroxylation is 1. The molecule has 0 spiro atoms. The summed E-state index contributed by atoms with van der Waals surface area (Å²) in [6, 6.07) is 4.80. The number of fused-ring (bicyclic) bond motifs is 2. The molecule has 2 bridgehead atoms. The van der Waals surface area contributed by atoms with Crippen molar-refractivity contribution in [2.75, 3.05) is 5.32 Å². The highest BCUT2D eigenvalue weighted by Crippen LogP contribution is 2.62. The van der Waals surface area contributed by atoms with Crippen LogP contribution in [-0.4, -0.2) is 11.0 Å². The number of aromatic nitrogens is 1. The molecule has 3 atom stereocenters. The molecule has 0 saturated heterocycles. The van der Waals surface area contributed by atoms with Crippen molar-refractivity contribution in [2.45, 2.75) is 53.0 Å². The maximum Gasteiger partial charge on any atom is 0.126 e. The lowest BCUT2D eigenvalue weighted by Gasteiger charge is -2.43. The average Bonchev–Trinajstić information content (AvgIpc) is 2.78. The van der Waals surface area contributed by atoms with Gasteiger partial charge in [0.05, 0.1) is 0 Å². The second-order valence-electron chi connectivity index (χ2n) is 7.21. The highest BCUT2D eigenvalue weighted by Gasteiger charge is 2.59. The monoisotopic (exact) mass is 244 g/mol. The van der Waals surface area contributed by atoms with Gasteiger partial charge in [-0.25, -0.2) is 4.98 Å². The molecule has 1 N–H and O–H groups in total. The van der Waals surface area contributed by atoms with Gasteiger partial charge in [0.2, 0.25) is 0 Å². The summed E-state index contributed by atoms with van der Waals surface area (Å²) in [5.41, 5.74) is 2.07. The van der Waals surface area contributed by atoms with Gasteiger partial charge >= 0.3 is 0 Å². The van der Waals surface area contributed by atoms with E-state index in [0.29, 0.717) is 16.9 Å². The van der Waals surface area contributed by atoms with E-state index in [1.54, 1.807) is 0 Å². The van der Waals surface area contributed by atoms with Crippen molar-refractivity contribution in [3.05, 3.63) is 23.9 Å². The zero-order valence-electron chi connectivity index (χ0n) is 12.0. The molecule has 0 aromatic carbocycles. The zero-order chi connectivity index (χ0) is 13.0. The molecule has 18 heavy (non-hydrogen) atoms. The molecule has 3 unspecified atom stereocenters. The van der Waals surface area contributed by atoms with Crippen LogP contribution in [0.1, 0.15) is 45.6 Å². The van der Waals surface area contributed by atoms with Crippen molar-refractivity contribution in [1.82, 2.24) is 4.98 Å². The molecule has 1 aromatic heterocycles. The van der Waals surface area contributed by atoms with Crippen molar-refractivity contribution in [3.63, 3.8) is 0 Å². The van der Waals surface area contributed by atoms with Crippen LogP contribution in [0.3, 0.4) is 0 Å². The summed E-state index contributed by atoms with van der Waals surface area (Å²) in [4.78, 5) is 4.51. The molecule has 0 aliphatic heterocycles. The van der Waals surface area contributed by atoms with Crippen molar-refractivity contribution in [3.8, 4) is 0 Å². The van der Waals surface area contributed by atoms with E-state index in [9.17, 15) is 0 Å². The molecule has 2 nitrogen and oxygen atoms in total. The Morgan fingerprint density at radius 3 is 2.61 bits per heavy atom. The Morgan fingerprint density at radius 1 is 1.28 bits per heavy atom. The number of pyridine rings is 1. The minimum Gasteiger partial charge on any atom is -0.366 e. The normalized spacial score (nSPS) is 36.9. The smallest absolute Gasteiger partial charge is 0.126 e. The Hall–Kier alpha value is -1.05. The fourth-order valence-corrected chi connectivity index (χ4v) is 4.36. The number of hydrogen-bond donors (Lipinski definition) is 1. The summed E-state index contributed by atoms with van der Waals surface area (Å²) >= 11 is 0. The highest BCUT2D eigenvalue weighted by atomic mass is 15.1. The third-order valence-electron chi connectivity index (χ3n) is 5.47. The van der Waals surface area contributed by atoms with Gasteiger partial charge in [-0.05, 0) is 54.6 Å². The molecule has 2 fully saturated rings. The highest BCUT2D eigenvalue weighted by molar-refractivity contribution is 5.39. The van der Waals surface area contributed by atoms with Gasteiger partial charge in [-0.3, -0.25) is 0 Å². The zero-order valence-corrected chi connectivity index (χ0v) is 12.0. The maximum absolute atomic E-state index is 4.51. The van der Waals surface area contributed by atoms with Crippen molar-refractivity contribution in [1.29, 1.82) is 0 Å². The lowest BCUT2D eigenvalue weighted by Crippen LogP contribution is -2.45. The minimum atomic E-state index is 0.388. The lowest BCUT2D eigenvalue weighted by atomic mass is 9.68. The molecule has 1 aromatic rings. The molecule has 0 amide bonds. The Kier molecular flexibility index (Phi) is 2.48. The van der Waals surface area contributed by atoms with Crippen LogP contribution in [0.4, 0.5) is 5.82 Å². The van der Waals surface area contributed by atoms with E-state index in [2.05, 4.69) is 50.1 Å². The van der Waals surface area contributed by atoms with E-state index in [4.69, 9.17) is 0 Å². The van der Waals surface area contributed by atoms with Crippen LogP contribution in [0.2, 0.25) is 0 Å². The molecule has 2 heteroatoms. The summed E-state index contributed by atoms with van der Waals surface area (Å²) in [7, 11) is 0. The number of rotatable bonds is 2. The van der Waals surface area contributed by atoms with E-state index >= 15 is 0 Å². The molecule has 0 radical (unpaired) electrons. The van der Waals surface area contributed by atoms with E-state index in [0.717, 1.165) is 11.7 Å². The van der Waals surface area contributed by atoms with Crippen LogP contribution in [-0.2, 0) is 0 Å². The van der Waals surface area contributed by atoms with Gasteiger partial charge in [0.15, 0.2) is 0 Å². The van der Waals surface area contributed by atoms with Gasteiger partial charge in [0.25, 0.3) is 0 Å². The van der Waals surface area contributed by atoms with Gasteiger partial charge in [-0.1, -0.05) is 26.8 Å². The molecule has 2 saturated carbocycles. The quantitative estimate of drug-likeness (QED) is 0.850. The summed E-state index contributed by atoms with van der Waals surface area (Å²) < 4.78 is 0. The van der Waals surface area contributed by atoms with Crippen LogP contribution in [0.25, 0.3) is 0 Å². The van der Waals surface area contributed by atoms with Crippen LogP contribution < -0.4 is 5.32 Å². The first kappa shape index (κ1) is 12.0. The second kappa shape index (κ2) is 3.72. The third kappa shape index (κ3) is 1.65. The van der Waals surface area contributed by atoms with Gasteiger partial charge in [-0.15, -0.1) is 0 Å². The van der Waals surface area contributed by atoms with Crippen LogP contribution in [0, 0.1) is 23.7 Å². The van der Waals surface area contributed by atoms with E-state index in [1.165, 1.54) is 24.8 Å². The van der Waals surface area contributed by atoms with E-state index in [-0.39, 0.29) is 0 Å². The summed E-state index contributed by atoms with van der Waals surface area (Å²) in [6.45, 7) is 9.38. The van der Waals surface area contributed by atoms with Crippen molar-refractivity contribution >= 4 is 5.82 Å². The van der Waals surface area contributed by atoms with Gasteiger partial charge < -0.3 is 5.32 Å². The standard InChI is InChI=1S/C16H24N2/c1-11-5-6-13(17-10-11)18-14-15(2,3)12-7-8-16(14,4)9-12/h5-6,10,12,14H,7-9H2,1-4H3,(H,17,18). The van der Waals surface area contributed by atoms with Crippen LogP contribution >= 0.6 is 0 Å². The molecular weight excluding hydrogens is 220 g/mol. The number of hydrogen-bond acceptors (Lipinski definition) is 2. The molecule has 2 aliphatic carbocycles. The van der Waals surface area contributed by atoms with Gasteiger partial charge in [0, 0.05) is 12.2 Å². The summed E-state index contributed by atoms with van der Waals surface area (Å²) in [5, 5.41) is 3.72. The number of nitrogens with one attached hydrogen (secondary N) is 1. The van der Waals surface area contributed by atoms with E-state index < -0.39 is 0 Å². The second-order valence-corrected chi connectivity index (χ2v) is 7.21. The molecular formula is C16H24N2. The van der Waals surface area contributed by atoms with Gasteiger partial charge in [-0.2, -0.15) is 0 Å². The summed E-state index contributed by atoms with van der Waals surface area (Å²) in [5.74, 6) is 1.91. The first-order chi connectivity index (χ1) is 8.42. The summed E-state index contributed by atoms with van der Waals surface area (Å²) in [6.07, 6.45) is 6.10. The largest absolute Gasteiger partial charge is 0.366 e. The van der Waals surface area contributed by atoms with Crippen LogP contribution in [0.15, 0.2) is 18.3 Å². The minimum absolute atomic E-state index is 0.388. The van der Waals surface area contributed by atoms with E-state index in [1.807, 2.05) is 6.20 Å². The Morgan fingerprint density at radius 2 is 2.06 bits per heavy atom. The third-order valence-corrected chi connectivity index (χ3v) is 5.47. The number of nitrogens with zero attached hydrogens (tertiary/aromatic N) is 1. The van der Waals surface area contributed by atoms with Crippen molar-refractivity contribution in [2.24, 2.45) is 16.7 Å². The Bertz CT molecular complexity index is 444. The Balaban J connectivity index is 1.86. The molecule has 98 valence electrons. The first-order valence-corrected chi connectivity index (χ1v) is 7.11. The predicted octanol–water partition coefficient (Wildman–Crippen LogP) is 4.02. The van der Waals surface area contributed by atoms with Crippen molar-refractivity contribution < 1.29 is 0 Å².